The molecule has 1 amide bonds. The molecule has 0 bridgehead atoms. The second-order valence-electron chi connectivity index (χ2n) is 6.10. The molecular formula is C22H23N3O3. The Labute approximate surface area is 164 Å². The van der Waals surface area contributed by atoms with Crippen molar-refractivity contribution in [2.75, 3.05) is 31.4 Å². The molecule has 3 aromatic rings. The van der Waals surface area contributed by atoms with Gasteiger partial charge in [0.15, 0.2) is 0 Å². The molecule has 2 aromatic carbocycles. The lowest BCUT2D eigenvalue weighted by molar-refractivity contribution is 0.102. The molecule has 28 heavy (non-hydrogen) atoms. The van der Waals surface area contributed by atoms with Gasteiger partial charge in [0.1, 0.15) is 17.2 Å². The van der Waals surface area contributed by atoms with E-state index in [-0.39, 0.29) is 5.91 Å². The van der Waals surface area contributed by atoms with E-state index in [2.05, 4.69) is 15.6 Å². The first kappa shape index (κ1) is 19.2. The van der Waals surface area contributed by atoms with Gasteiger partial charge in [-0.3, -0.25) is 9.78 Å². The molecule has 0 radical (unpaired) electrons. The van der Waals surface area contributed by atoms with Gasteiger partial charge in [0.05, 0.1) is 14.2 Å². The first-order chi connectivity index (χ1) is 13.7. The van der Waals surface area contributed by atoms with Crippen molar-refractivity contribution in [3.63, 3.8) is 0 Å². The lowest BCUT2D eigenvalue weighted by Crippen LogP contribution is -2.14. The fourth-order valence-corrected chi connectivity index (χ4v) is 2.81. The van der Waals surface area contributed by atoms with Crippen molar-refractivity contribution in [2.45, 2.75) is 6.42 Å². The van der Waals surface area contributed by atoms with E-state index in [0.717, 1.165) is 23.4 Å². The standard InChI is InChI=1S/C22H23N3O3/c1-27-19-8-5-7-18(14-19)25-22(26)20-15-17(11-13-24-20)23-12-10-16-6-3-4-9-21(16)28-2/h3-9,11,13-15H,10,12H2,1-2H3,(H,23,24)(H,25,26). The predicted molar refractivity (Wildman–Crippen MR) is 110 cm³/mol. The number of carbonyl (C=O) groups excluding carboxylic acids is 1. The van der Waals surface area contributed by atoms with Crippen LogP contribution in [0.15, 0.2) is 66.9 Å². The van der Waals surface area contributed by atoms with Gasteiger partial charge < -0.3 is 20.1 Å². The highest BCUT2D eigenvalue weighted by molar-refractivity contribution is 6.03. The van der Waals surface area contributed by atoms with Crippen molar-refractivity contribution in [1.29, 1.82) is 0 Å². The molecule has 0 saturated heterocycles. The average Bonchev–Trinajstić information content (AvgIpc) is 2.74. The number of nitrogens with one attached hydrogen (secondary N) is 2. The van der Waals surface area contributed by atoms with Crippen molar-refractivity contribution in [1.82, 2.24) is 4.98 Å². The van der Waals surface area contributed by atoms with Gasteiger partial charge in [0.25, 0.3) is 5.91 Å². The Morgan fingerprint density at radius 2 is 1.82 bits per heavy atom. The van der Waals surface area contributed by atoms with E-state index >= 15 is 0 Å². The number of carbonyl (C=O) groups is 1. The summed E-state index contributed by atoms with van der Waals surface area (Å²) in [6.45, 7) is 0.710. The number of hydrogen-bond acceptors (Lipinski definition) is 5. The number of nitrogens with zero attached hydrogens (tertiary/aromatic N) is 1. The molecule has 6 heteroatoms. The van der Waals surface area contributed by atoms with Crippen LogP contribution in [0.25, 0.3) is 0 Å². The number of aromatic nitrogens is 1. The first-order valence-electron chi connectivity index (χ1n) is 8.97. The summed E-state index contributed by atoms with van der Waals surface area (Å²) >= 11 is 0. The Morgan fingerprint density at radius 3 is 2.64 bits per heavy atom. The Balaban J connectivity index is 1.60. The van der Waals surface area contributed by atoms with Gasteiger partial charge in [-0.1, -0.05) is 24.3 Å². The molecule has 0 atom stereocenters. The maximum Gasteiger partial charge on any atom is 0.274 e. The molecule has 144 valence electrons. The van der Waals surface area contributed by atoms with Crippen molar-refractivity contribution in [3.05, 3.63) is 78.1 Å². The fourth-order valence-electron chi connectivity index (χ4n) is 2.81. The molecule has 0 unspecified atom stereocenters. The van der Waals surface area contributed by atoms with Crippen LogP contribution in [0.3, 0.4) is 0 Å². The summed E-state index contributed by atoms with van der Waals surface area (Å²) in [6, 6.07) is 18.7. The molecule has 0 aliphatic carbocycles. The summed E-state index contributed by atoms with van der Waals surface area (Å²) in [7, 11) is 3.25. The summed E-state index contributed by atoms with van der Waals surface area (Å²) in [4.78, 5) is 16.7. The third-order valence-electron chi connectivity index (χ3n) is 4.24. The zero-order valence-electron chi connectivity index (χ0n) is 15.9. The number of anilines is 2. The molecule has 6 nitrogen and oxygen atoms in total. The summed E-state index contributed by atoms with van der Waals surface area (Å²) in [6.07, 6.45) is 2.42. The molecule has 1 aromatic heterocycles. The quantitative estimate of drug-likeness (QED) is 0.621. The largest absolute Gasteiger partial charge is 0.497 e. The van der Waals surface area contributed by atoms with E-state index in [4.69, 9.17) is 9.47 Å². The van der Waals surface area contributed by atoms with E-state index in [1.807, 2.05) is 42.5 Å². The third kappa shape index (κ3) is 5.01. The summed E-state index contributed by atoms with van der Waals surface area (Å²) in [5.74, 6) is 1.27. The summed E-state index contributed by atoms with van der Waals surface area (Å²) in [5, 5.41) is 6.16. The van der Waals surface area contributed by atoms with E-state index in [1.165, 1.54) is 0 Å². The highest BCUT2D eigenvalue weighted by Crippen LogP contribution is 2.19. The third-order valence-corrected chi connectivity index (χ3v) is 4.24. The van der Waals surface area contributed by atoms with Gasteiger partial charge >= 0.3 is 0 Å². The van der Waals surface area contributed by atoms with E-state index in [9.17, 15) is 4.79 Å². The van der Waals surface area contributed by atoms with E-state index in [1.54, 1.807) is 38.6 Å². The number of methoxy groups -OCH3 is 2. The zero-order valence-corrected chi connectivity index (χ0v) is 15.9. The van der Waals surface area contributed by atoms with Crippen LogP contribution in [0.2, 0.25) is 0 Å². The first-order valence-corrected chi connectivity index (χ1v) is 8.97. The van der Waals surface area contributed by atoms with Crippen LogP contribution in [0.5, 0.6) is 11.5 Å². The van der Waals surface area contributed by atoms with Crippen LogP contribution in [0.4, 0.5) is 11.4 Å². The molecule has 0 spiro atoms. The Hall–Kier alpha value is -3.54. The molecule has 0 fully saturated rings. The maximum absolute atomic E-state index is 12.5. The minimum absolute atomic E-state index is 0.276. The van der Waals surface area contributed by atoms with E-state index in [0.29, 0.717) is 23.7 Å². The monoisotopic (exact) mass is 377 g/mol. The van der Waals surface area contributed by atoms with Gasteiger partial charge in [-0.2, -0.15) is 0 Å². The molecular weight excluding hydrogens is 354 g/mol. The van der Waals surface area contributed by atoms with E-state index < -0.39 is 0 Å². The predicted octanol–water partition coefficient (Wildman–Crippen LogP) is 4.01. The van der Waals surface area contributed by atoms with Gasteiger partial charge in [0.2, 0.25) is 0 Å². The van der Waals surface area contributed by atoms with Crippen LogP contribution in [-0.4, -0.2) is 31.7 Å². The molecule has 0 aliphatic rings. The minimum atomic E-state index is -0.276. The van der Waals surface area contributed by atoms with Crippen molar-refractivity contribution in [2.24, 2.45) is 0 Å². The minimum Gasteiger partial charge on any atom is -0.497 e. The van der Waals surface area contributed by atoms with Gasteiger partial charge in [0, 0.05) is 30.2 Å². The van der Waals surface area contributed by atoms with Crippen molar-refractivity contribution >= 4 is 17.3 Å². The van der Waals surface area contributed by atoms with Crippen LogP contribution in [0, 0.1) is 0 Å². The molecule has 3 rings (SSSR count). The normalized spacial score (nSPS) is 10.2. The zero-order chi connectivity index (χ0) is 19.8. The van der Waals surface area contributed by atoms with Crippen LogP contribution < -0.4 is 20.1 Å². The highest BCUT2D eigenvalue weighted by Gasteiger charge is 2.09. The number of hydrogen-bond donors (Lipinski definition) is 2. The summed E-state index contributed by atoms with van der Waals surface area (Å²) < 4.78 is 10.5. The lowest BCUT2D eigenvalue weighted by Gasteiger charge is -2.11. The molecule has 0 saturated carbocycles. The highest BCUT2D eigenvalue weighted by atomic mass is 16.5. The van der Waals surface area contributed by atoms with Crippen LogP contribution >= 0.6 is 0 Å². The van der Waals surface area contributed by atoms with Gasteiger partial charge in [-0.05, 0) is 42.3 Å². The fraction of sp³-hybridized carbons (Fsp3) is 0.182. The topological polar surface area (TPSA) is 72.5 Å². The smallest absolute Gasteiger partial charge is 0.274 e. The Bertz CT molecular complexity index is 944. The SMILES string of the molecule is COc1cccc(NC(=O)c2cc(NCCc3ccccc3OC)ccn2)c1. The molecule has 0 aliphatic heterocycles. The van der Waals surface area contributed by atoms with Crippen LogP contribution in [-0.2, 0) is 6.42 Å². The van der Waals surface area contributed by atoms with Crippen molar-refractivity contribution in [3.8, 4) is 11.5 Å². The Kier molecular flexibility index (Phi) is 6.46. The summed E-state index contributed by atoms with van der Waals surface area (Å²) in [5.41, 5.74) is 2.95. The lowest BCUT2D eigenvalue weighted by atomic mass is 10.1. The van der Waals surface area contributed by atoms with Crippen molar-refractivity contribution < 1.29 is 14.3 Å². The average molecular weight is 377 g/mol. The van der Waals surface area contributed by atoms with Gasteiger partial charge in [-0.15, -0.1) is 0 Å². The van der Waals surface area contributed by atoms with Crippen LogP contribution in [0.1, 0.15) is 16.1 Å². The molecule has 2 N–H and O–H groups in total. The number of ether oxygens (including phenoxy) is 2. The van der Waals surface area contributed by atoms with Gasteiger partial charge in [-0.25, -0.2) is 0 Å². The number of pyridine rings is 1. The number of benzene rings is 2. The maximum atomic E-state index is 12.5. The number of para-hydroxylation sites is 1. The Morgan fingerprint density at radius 1 is 0.964 bits per heavy atom. The second kappa shape index (κ2) is 9.41. The number of rotatable bonds is 8. The number of amides is 1. The second-order valence-corrected chi connectivity index (χ2v) is 6.10. The molecule has 1 heterocycles.